The van der Waals surface area contributed by atoms with Crippen molar-refractivity contribution < 1.29 is 131 Å². The third-order valence-corrected chi connectivity index (χ3v) is 20.0. The van der Waals surface area contributed by atoms with Gasteiger partial charge in [0.15, 0.2) is 30.9 Å². The minimum atomic E-state index is -2.27. The molecule has 4 heterocycles. The molecule has 39 nitrogen and oxygen atoms in total. The van der Waals surface area contributed by atoms with E-state index in [1.54, 1.807) is 38.1 Å². The van der Waals surface area contributed by atoms with Crippen LogP contribution >= 0.6 is 0 Å². The number of carbonyl (C=O) groups is 13. The fourth-order valence-corrected chi connectivity index (χ4v) is 13.5. The number of nitrogens with two attached hydrogens (primary N) is 1. The van der Waals surface area contributed by atoms with E-state index >= 15 is 9.59 Å². The van der Waals surface area contributed by atoms with E-state index in [9.17, 15) is 88.9 Å². The molecule has 0 aromatic heterocycles. The van der Waals surface area contributed by atoms with Crippen LogP contribution in [0.1, 0.15) is 122 Å². The van der Waals surface area contributed by atoms with Crippen LogP contribution in [-0.4, -0.2) is 284 Å². The van der Waals surface area contributed by atoms with Gasteiger partial charge in [0.1, 0.15) is 85.4 Å². The van der Waals surface area contributed by atoms with Gasteiger partial charge in [-0.15, -0.1) is 0 Å². The number of carbonyl (C=O) groups excluding carboxylic acids is 13. The number of nitrogens with one attached hydrogen (secondary N) is 6. The minimum Gasteiger partial charge on any atom is -0.459 e. The summed E-state index contributed by atoms with van der Waals surface area (Å²) in [7, 11) is 0. The van der Waals surface area contributed by atoms with Crippen molar-refractivity contribution in [3.05, 3.63) is 154 Å². The molecule has 4 aliphatic rings. The smallest absolute Gasteiger partial charge is 0.338 e. The number of ether oxygens (including phenoxy) is 8. The molecule has 0 radical (unpaired) electrons. The second-order valence-electron chi connectivity index (χ2n) is 28.3. The van der Waals surface area contributed by atoms with E-state index in [0.29, 0.717) is 6.42 Å². The Balaban J connectivity index is 1.16. The summed E-state index contributed by atoms with van der Waals surface area (Å²) in [5.74, 6) is -14.5. The molecule has 4 aromatic rings. The summed E-state index contributed by atoms with van der Waals surface area (Å²) in [4.78, 5) is 188. The molecule has 0 bridgehead atoms. The van der Waals surface area contributed by atoms with Crippen molar-refractivity contribution in [3.8, 4) is 0 Å². The zero-order chi connectivity index (χ0) is 84.8. The monoisotopic (exact) mass is 1620 g/mol. The summed E-state index contributed by atoms with van der Waals surface area (Å²) < 4.78 is 50.0. The predicted molar refractivity (Wildman–Crippen MR) is 400 cm³/mol. The van der Waals surface area contributed by atoms with Gasteiger partial charge in [-0.2, -0.15) is 0 Å². The van der Waals surface area contributed by atoms with Crippen LogP contribution in [0.25, 0.3) is 10.4 Å². The van der Waals surface area contributed by atoms with Crippen molar-refractivity contribution in [2.24, 2.45) is 16.8 Å². The highest BCUT2D eigenvalue weighted by molar-refractivity contribution is 5.99. The number of likely N-dealkylation sites (tertiary alicyclic amines) is 2. The van der Waals surface area contributed by atoms with Crippen molar-refractivity contribution in [2.75, 3.05) is 32.9 Å². The molecule has 0 unspecified atom stereocenters. The summed E-state index contributed by atoms with van der Waals surface area (Å²) in [6.07, 6.45) is -25.1. The number of primary amides is 1. The number of hydrogen-bond donors (Lipinski definition) is 13. The first kappa shape index (κ1) is 90.4. The lowest BCUT2D eigenvalue weighted by Gasteiger charge is -2.48. The first-order valence-corrected chi connectivity index (χ1v) is 37.6. The van der Waals surface area contributed by atoms with Crippen molar-refractivity contribution in [3.63, 3.8) is 0 Å². The first-order chi connectivity index (χ1) is 55.3. The number of hydrogen-bond acceptors (Lipinski definition) is 28. The largest absolute Gasteiger partial charge is 0.459 e. The molecule has 4 fully saturated rings. The van der Waals surface area contributed by atoms with E-state index in [-0.39, 0.29) is 61.0 Å². The quantitative estimate of drug-likeness (QED) is 0.00799. The Hall–Kier alpha value is -11.1. The molecule has 0 aliphatic carbocycles. The van der Waals surface area contributed by atoms with Crippen molar-refractivity contribution in [1.29, 1.82) is 0 Å². The number of rotatable bonds is 36. The summed E-state index contributed by atoms with van der Waals surface area (Å²) >= 11 is 0. The number of benzene rings is 4. The maximum Gasteiger partial charge on any atom is 0.338 e. The third-order valence-electron chi connectivity index (χ3n) is 20.0. The molecular formula is C77H98N12O27. The van der Waals surface area contributed by atoms with Crippen LogP contribution in [0.15, 0.2) is 126 Å². The number of aliphatic hydroxyl groups is 6. The Morgan fingerprint density at radius 1 is 0.543 bits per heavy atom. The summed E-state index contributed by atoms with van der Waals surface area (Å²) in [5, 5.41) is 84.5. The topological polar surface area (TPSA) is 571 Å². The molecule has 9 amide bonds. The lowest BCUT2D eigenvalue weighted by Crippen LogP contribution is -2.67. The number of amides is 9. The van der Waals surface area contributed by atoms with Gasteiger partial charge in [-0.05, 0) is 113 Å². The van der Waals surface area contributed by atoms with Gasteiger partial charge in [-0.1, -0.05) is 98.2 Å². The maximum atomic E-state index is 15.4. The van der Waals surface area contributed by atoms with E-state index in [1.807, 2.05) is 0 Å². The summed E-state index contributed by atoms with van der Waals surface area (Å²) in [6, 6.07) is 13.6. The molecule has 0 spiro atoms. The molecular weight excluding hydrogens is 1520 g/mol. The molecule has 8 rings (SSSR count). The molecule has 4 saturated heterocycles. The van der Waals surface area contributed by atoms with Gasteiger partial charge in [0.05, 0.1) is 59.9 Å². The highest BCUT2D eigenvalue weighted by atomic mass is 16.8. The van der Waals surface area contributed by atoms with Crippen LogP contribution in [-0.2, 0) is 81.0 Å². The lowest BCUT2D eigenvalue weighted by atomic mass is 9.95. The van der Waals surface area contributed by atoms with E-state index in [2.05, 4.69) is 41.9 Å². The van der Waals surface area contributed by atoms with E-state index in [4.69, 9.17) is 43.6 Å². The van der Waals surface area contributed by atoms with E-state index < -0.39 is 237 Å². The molecule has 23 atom stereocenters. The van der Waals surface area contributed by atoms with Gasteiger partial charge >= 0.3 is 23.9 Å². The van der Waals surface area contributed by atoms with E-state index in [1.165, 1.54) is 109 Å². The fourth-order valence-electron chi connectivity index (χ4n) is 13.5. The van der Waals surface area contributed by atoms with Crippen molar-refractivity contribution in [2.45, 2.75) is 215 Å². The molecule has 116 heavy (non-hydrogen) atoms. The maximum absolute atomic E-state index is 15.4. The number of nitrogens with zero attached hydrogens (tertiary/aromatic N) is 5. The zero-order valence-electron chi connectivity index (χ0n) is 64.5. The Morgan fingerprint density at radius 3 is 1.46 bits per heavy atom. The minimum absolute atomic E-state index is 0.0250. The predicted octanol–water partition coefficient (Wildman–Crippen LogP) is -1.63. The standard InChI is InChI=1S/C77H98N12O27/c1-8-38(2)53(68(101)80-48(35-90)65(98)82-54(39(3)92)64(78)97)81-67(100)50-32-22-34-89(50)71(104)56(41(5)94)84-70(103)57(85-69(102)55(40(4)93)83-66(99)49-31-21-33-88(49)43(7)95)42(6)110-76-58(86-87-79)61(59(96)51(36-91)111-76)116-77-63(115-75(108)47-29-19-12-20-30-47)62(114-74(107)46-27-17-11-18-28-46)60(113-73(106)45-25-15-10-16-26-45)52(112-77)37-109-72(105)44-23-13-9-14-24-44/h9-20,23-30,38-42,48-63,76-77,90-94,96H,8,21-22,31-37H2,1-7H3,(H2,78,97)(H,80,101)(H,81,100)(H,82,98)(H,83,99)(H,84,103)(H,85,102)/t38-,39+,40+,41+,42+,48-,49-,50-,51+,52+,53-,54-,55-,56-,57-,58+,59-,60-,61+,62-,63+,76-,77-/m0/s1. The van der Waals surface area contributed by atoms with Crippen molar-refractivity contribution in [1.82, 2.24) is 41.7 Å². The van der Waals surface area contributed by atoms with Crippen LogP contribution in [0.3, 0.4) is 0 Å². The summed E-state index contributed by atoms with van der Waals surface area (Å²) in [5.41, 5.74) is 15.5. The average Bonchev–Trinajstić information content (AvgIpc) is 1.32. The molecule has 628 valence electrons. The van der Waals surface area contributed by atoms with Crippen LogP contribution in [0.2, 0.25) is 0 Å². The molecule has 39 heteroatoms. The van der Waals surface area contributed by atoms with Gasteiger partial charge in [0.2, 0.25) is 53.2 Å². The molecule has 4 aromatic carbocycles. The number of azide groups is 1. The Labute approximate surface area is 665 Å². The van der Waals surface area contributed by atoms with Gasteiger partial charge in [0.25, 0.3) is 0 Å². The normalized spacial score (nSPS) is 24.6. The Bertz CT molecular complexity index is 4130. The first-order valence-electron chi connectivity index (χ1n) is 37.6. The van der Waals surface area contributed by atoms with Gasteiger partial charge in [0, 0.05) is 24.9 Å². The van der Waals surface area contributed by atoms with Crippen LogP contribution < -0.4 is 37.6 Å². The molecule has 0 saturated carbocycles. The molecule has 4 aliphatic heterocycles. The highest BCUT2D eigenvalue weighted by Gasteiger charge is 2.58. The van der Waals surface area contributed by atoms with Crippen LogP contribution in [0.4, 0.5) is 0 Å². The van der Waals surface area contributed by atoms with Gasteiger partial charge in [-0.25, -0.2) is 19.2 Å². The van der Waals surface area contributed by atoms with Gasteiger partial charge < -0.3 is 116 Å². The average molecular weight is 1620 g/mol. The summed E-state index contributed by atoms with van der Waals surface area (Å²) in [6.45, 7) is 5.79. The van der Waals surface area contributed by atoms with Crippen LogP contribution in [0.5, 0.6) is 0 Å². The van der Waals surface area contributed by atoms with Crippen molar-refractivity contribution >= 4 is 77.0 Å². The number of esters is 4. The second-order valence-corrected chi connectivity index (χ2v) is 28.3. The Morgan fingerprint density at radius 2 is 0.983 bits per heavy atom. The van der Waals surface area contributed by atoms with E-state index in [0.717, 1.165) is 32.6 Å². The SMILES string of the molecule is CC[C@H](C)[C@H](NC(=O)[C@@H]1CCCN1C(=O)[C@@H](NC(=O)[C@@H](NC(=O)[C@@H](NC(=O)[C@@H]1CCCN1C(C)=O)[C@@H](C)O)[C@@H](C)O[C@H]1O[C@H](CO)[C@H](O)[C@H](O[C@@H]2O[C@H](COC(=O)c3ccccc3)[C@H](OC(=O)c3ccccc3)[C@H](OC(=O)c3ccccc3)[C@H]2OC(=O)c2ccccc2)[C@H]1N=[N+]=[N-])[C@@H](C)O)C(=O)N[C@@H](CO)C(=O)N[C@H](C(N)=O)[C@@H](C)O. The molecule has 14 N–H and O–H groups in total. The second kappa shape index (κ2) is 42.5. The number of aliphatic hydroxyl groups excluding tert-OH is 6. The highest BCUT2D eigenvalue weighted by Crippen LogP contribution is 2.37. The Kier molecular flexibility index (Phi) is 33.1. The zero-order valence-corrected chi connectivity index (χ0v) is 64.5. The van der Waals surface area contributed by atoms with Gasteiger partial charge in [-0.3, -0.25) is 43.2 Å². The third kappa shape index (κ3) is 23.1. The lowest BCUT2D eigenvalue weighted by molar-refractivity contribution is -0.343. The van der Waals surface area contributed by atoms with Crippen LogP contribution in [0, 0.1) is 5.92 Å². The fraction of sp³-hybridized carbons (Fsp3) is 0.519.